The molecule has 0 fully saturated rings. The SMILES string of the molecule is CCCCN(C)c1nncc(NCc2ccccn2)n1. The Bertz CT molecular complexity index is 516. The summed E-state index contributed by atoms with van der Waals surface area (Å²) < 4.78 is 0. The minimum absolute atomic E-state index is 0.623. The van der Waals surface area contributed by atoms with Gasteiger partial charge in [0.15, 0.2) is 5.82 Å². The van der Waals surface area contributed by atoms with E-state index in [2.05, 4.69) is 32.4 Å². The van der Waals surface area contributed by atoms with E-state index in [0.717, 1.165) is 25.1 Å². The summed E-state index contributed by atoms with van der Waals surface area (Å²) in [6.07, 6.45) is 5.67. The van der Waals surface area contributed by atoms with Gasteiger partial charge >= 0.3 is 0 Å². The van der Waals surface area contributed by atoms with Crippen LogP contribution in [0.3, 0.4) is 0 Å². The number of pyridine rings is 1. The number of aromatic nitrogens is 4. The predicted molar refractivity (Wildman–Crippen MR) is 79.6 cm³/mol. The van der Waals surface area contributed by atoms with Crippen molar-refractivity contribution in [3.05, 3.63) is 36.3 Å². The minimum Gasteiger partial charge on any atom is -0.363 e. The lowest BCUT2D eigenvalue weighted by molar-refractivity contribution is 0.740. The molecular formula is C14H20N6. The molecule has 20 heavy (non-hydrogen) atoms. The van der Waals surface area contributed by atoms with Gasteiger partial charge in [-0.05, 0) is 18.6 Å². The third-order valence-corrected chi connectivity index (χ3v) is 2.91. The first-order valence-electron chi connectivity index (χ1n) is 6.84. The maximum absolute atomic E-state index is 4.45. The Morgan fingerprint density at radius 2 is 2.20 bits per heavy atom. The number of nitrogens with one attached hydrogen (secondary N) is 1. The van der Waals surface area contributed by atoms with E-state index < -0.39 is 0 Å². The molecule has 0 spiro atoms. The van der Waals surface area contributed by atoms with Crippen LogP contribution in [0.15, 0.2) is 30.6 Å². The molecule has 2 heterocycles. The standard InChI is InChI=1S/C14H20N6/c1-3-4-9-20(2)14-18-13(11-17-19-14)16-10-12-7-5-6-8-15-12/h5-8,11H,3-4,9-10H2,1-2H3,(H,16,18,19). The first kappa shape index (κ1) is 14.2. The normalized spacial score (nSPS) is 10.3. The van der Waals surface area contributed by atoms with E-state index >= 15 is 0 Å². The molecule has 0 atom stereocenters. The van der Waals surface area contributed by atoms with E-state index in [0.29, 0.717) is 18.3 Å². The second-order valence-electron chi connectivity index (χ2n) is 4.59. The molecular weight excluding hydrogens is 252 g/mol. The molecule has 0 amide bonds. The van der Waals surface area contributed by atoms with Crippen LogP contribution in [0, 0.1) is 0 Å². The highest BCUT2D eigenvalue weighted by atomic mass is 15.3. The maximum atomic E-state index is 4.45. The van der Waals surface area contributed by atoms with Crippen LogP contribution in [0.25, 0.3) is 0 Å². The zero-order valence-electron chi connectivity index (χ0n) is 12.0. The summed E-state index contributed by atoms with van der Waals surface area (Å²) in [4.78, 5) is 10.7. The van der Waals surface area contributed by atoms with Gasteiger partial charge in [-0.2, -0.15) is 10.1 Å². The van der Waals surface area contributed by atoms with Gasteiger partial charge in [-0.3, -0.25) is 4.98 Å². The average molecular weight is 272 g/mol. The number of anilines is 2. The number of hydrogen-bond acceptors (Lipinski definition) is 6. The van der Waals surface area contributed by atoms with Gasteiger partial charge in [-0.1, -0.05) is 19.4 Å². The molecule has 0 aliphatic carbocycles. The lowest BCUT2D eigenvalue weighted by Gasteiger charge is -2.16. The highest BCUT2D eigenvalue weighted by Gasteiger charge is 2.05. The van der Waals surface area contributed by atoms with Gasteiger partial charge < -0.3 is 10.2 Å². The highest BCUT2D eigenvalue weighted by Crippen LogP contribution is 2.09. The molecule has 2 aromatic rings. The van der Waals surface area contributed by atoms with Crippen molar-refractivity contribution in [2.45, 2.75) is 26.3 Å². The van der Waals surface area contributed by atoms with Gasteiger partial charge in [0.2, 0.25) is 5.95 Å². The Morgan fingerprint density at radius 1 is 1.30 bits per heavy atom. The van der Waals surface area contributed by atoms with Crippen LogP contribution in [0.2, 0.25) is 0 Å². The van der Waals surface area contributed by atoms with Crippen LogP contribution in [0.1, 0.15) is 25.5 Å². The predicted octanol–water partition coefficient (Wildman–Crippen LogP) is 2.11. The van der Waals surface area contributed by atoms with Crippen LogP contribution in [-0.2, 0) is 6.54 Å². The molecule has 2 aromatic heterocycles. The molecule has 0 aliphatic rings. The van der Waals surface area contributed by atoms with Crippen molar-refractivity contribution in [1.82, 2.24) is 20.2 Å². The Hall–Kier alpha value is -2.24. The Balaban J connectivity index is 1.95. The van der Waals surface area contributed by atoms with Gasteiger partial charge in [0.1, 0.15) is 0 Å². The van der Waals surface area contributed by atoms with E-state index in [1.807, 2.05) is 30.1 Å². The van der Waals surface area contributed by atoms with Gasteiger partial charge in [-0.15, -0.1) is 5.10 Å². The maximum Gasteiger partial charge on any atom is 0.247 e. The molecule has 0 aliphatic heterocycles. The van der Waals surface area contributed by atoms with Crippen molar-refractivity contribution in [2.24, 2.45) is 0 Å². The van der Waals surface area contributed by atoms with E-state index in [1.54, 1.807) is 12.4 Å². The Kier molecular flexibility index (Phi) is 5.23. The van der Waals surface area contributed by atoms with Gasteiger partial charge in [-0.25, -0.2) is 0 Å². The molecule has 0 bridgehead atoms. The van der Waals surface area contributed by atoms with Gasteiger partial charge in [0, 0.05) is 19.8 Å². The van der Waals surface area contributed by atoms with E-state index in [9.17, 15) is 0 Å². The molecule has 0 radical (unpaired) electrons. The molecule has 1 N–H and O–H groups in total. The molecule has 0 saturated heterocycles. The van der Waals surface area contributed by atoms with E-state index in [1.165, 1.54) is 0 Å². The lowest BCUT2D eigenvalue weighted by Crippen LogP contribution is -2.21. The van der Waals surface area contributed by atoms with Crippen molar-refractivity contribution in [1.29, 1.82) is 0 Å². The number of unbranched alkanes of at least 4 members (excludes halogenated alkanes) is 1. The number of nitrogens with zero attached hydrogens (tertiary/aromatic N) is 5. The zero-order valence-corrected chi connectivity index (χ0v) is 12.0. The fourth-order valence-corrected chi connectivity index (χ4v) is 1.72. The second-order valence-corrected chi connectivity index (χ2v) is 4.59. The first-order chi connectivity index (χ1) is 9.79. The molecule has 2 rings (SSSR count). The quantitative estimate of drug-likeness (QED) is 0.832. The van der Waals surface area contributed by atoms with Crippen LogP contribution in [0.5, 0.6) is 0 Å². The van der Waals surface area contributed by atoms with Crippen molar-refractivity contribution in [2.75, 3.05) is 23.8 Å². The van der Waals surface area contributed by atoms with E-state index in [4.69, 9.17) is 0 Å². The lowest BCUT2D eigenvalue weighted by atomic mass is 10.3. The van der Waals surface area contributed by atoms with Crippen molar-refractivity contribution < 1.29 is 0 Å². The molecule has 6 heteroatoms. The second kappa shape index (κ2) is 7.37. The summed E-state index contributed by atoms with van der Waals surface area (Å²) in [5.41, 5.74) is 0.965. The van der Waals surface area contributed by atoms with Crippen LogP contribution in [-0.4, -0.2) is 33.8 Å². The summed E-state index contributed by atoms with van der Waals surface area (Å²) in [5, 5.41) is 11.3. The van der Waals surface area contributed by atoms with Crippen molar-refractivity contribution in [3.63, 3.8) is 0 Å². The third-order valence-electron chi connectivity index (χ3n) is 2.91. The topological polar surface area (TPSA) is 66.8 Å². The van der Waals surface area contributed by atoms with Gasteiger partial charge in [0.25, 0.3) is 0 Å². The summed E-state index contributed by atoms with van der Waals surface area (Å²) in [5.74, 6) is 1.36. The van der Waals surface area contributed by atoms with E-state index in [-0.39, 0.29) is 0 Å². The number of hydrogen-bond donors (Lipinski definition) is 1. The minimum atomic E-state index is 0.623. The highest BCUT2D eigenvalue weighted by molar-refractivity contribution is 5.38. The third kappa shape index (κ3) is 4.15. The fraction of sp³-hybridized carbons (Fsp3) is 0.429. The fourth-order valence-electron chi connectivity index (χ4n) is 1.72. The largest absolute Gasteiger partial charge is 0.363 e. The average Bonchev–Trinajstić information content (AvgIpc) is 2.52. The Labute approximate surface area is 119 Å². The van der Waals surface area contributed by atoms with Crippen LogP contribution < -0.4 is 10.2 Å². The smallest absolute Gasteiger partial charge is 0.247 e. The zero-order chi connectivity index (χ0) is 14.2. The summed E-state index contributed by atoms with van der Waals surface area (Å²) in [6.45, 7) is 3.72. The molecule has 0 unspecified atom stereocenters. The molecule has 6 nitrogen and oxygen atoms in total. The van der Waals surface area contributed by atoms with Gasteiger partial charge in [0.05, 0.1) is 18.4 Å². The van der Waals surface area contributed by atoms with Crippen LogP contribution >= 0.6 is 0 Å². The molecule has 0 aromatic carbocycles. The Morgan fingerprint density at radius 3 is 2.95 bits per heavy atom. The summed E-state index contributed by atoms with van der Waals surface area (Å²) >= 11 is 0. The van der Waals surface area contributed by atoms with Crippen LogP contribution in [0.4, 0.5) is 11.8 Å². The summed E-state index contributed by atoms with van der Waals surface area (Å²) in [7, 11) is 1.98. The van der Waals surface area contributed by atoms with Crippen molar-refractivity contribution >= 4 is 11.8 Å². The first-order valence-corrected chi connectivity index (χ1v) is 6.84. The monoisotopic (exact) mass is 272 g/mol. The van der Waals surface area contributed by atoms with Crippen molar-refractivity contribution in [3.8, 4) is 0 Å². The molecule has 0 saturated carbocycles. The number of rotatable bonds is 7. The molecule has 106 valence electrons. The summed E-state index contributed by atoms with van der Waals surface area (Å²) in [6, 6.07) is 5.83.